The summed E-state index contributed by atoms with van der Waals surface area (Å²) >= 11 is 0.990. The molecule has 0 atom stereocenters. The van der Waals surface area contributed by atoms with E-state index >= 15 is 0 Å². The molecule has 0 unspecified atom stereocenters. The van der Waals surface area contributed by atoms with E-state index in [2.05, 4.69) is 10.6 Å². The first-order valence-electron chi connectivity index (χ1n) is 8.53. The predicted octanol–water partition coefficient (Wildman–Crippen LogP) is 4.33. The average Bonchev–Trinajstić information content (AvgIpc) is 3.31. The number of thiophene rings is 1. The van der Waals surface area contributed by atoms with E-state index < -0.39 is 17.8 Å². The van der Waals surface area contributed by atoms with Gasteiger partial charge in [0.15, 0.2) is 5.76 Å². The van der Waals surface area contributed by atoms with Crippen molar-refractivity contribution in [1.29, 1.82) is 0 Å². The van der Waals surface area contributed by atoms with Crippen LogP contribution in [-0.2, 0) is 4.74 Å². The fraction of sp³-hybridized carbons (Fsp3) is 0.150. The molecule has 0 bridgehead atoms. The number of carbonyl (C=O) groups excluding carboxylic acids is 3. The maximum atomic E-state index is 12.9. The number of esters is 1. The summed E-state index contributed by atoms with van der Waals surface area (Å²) in [5.74, 6) is -1.41. The molecule has 0 aliphatic rings. The van der Waals surface area contributed by atoms with Gasteiger partial charge in [-0.1, -0.05) is 18.2 Å². The molecular formula is C20H18N2O5S. The number of para-hydroxylation sites is 1. The molecule has 0 saturated heterocycles. The first-order valence-corrected chi connectivity index (χ1v) is 9.34. The van der Waals surface area contributed by atoms with Crippen molar-refractivity contribution < 1.29 is 23.5 Å². The van der Waals surface area contributed by atoms with Gasteiger partial charge in [0.25, 0.3) is 11.8 Å². The molecule has 2 aromatic heterocycles. The van der Waals surface area contributed by atoms with Crippen molar-refractivity contribution in [2.24, 2.45) is 0 Å². The van der Waals surface area contributed by atoms with Gasteiger partial charge < -0.3 is 19.8 Å². The maximum Gasteiger partial charge on any atom is 0.348 e. The third kappa shape index (κ3) is 4.12. The molecule has 0 aliphatic carbocycles. The largest absolute Gasteiger partial charge is 0.462 e. The van der Waals surface area contributed by atoms with Gasteiger partial charge in [0, 0.05) is 5.69 Å². The second kappa shape index (κ2) is 8.53. The van der Waals surface area contributed by atoms with Crippen LogP contribution in [0.5, 0.6) is 0 Å². The number of amides is 2. The van der Waals surface area contributed by atoms with Crippen LogP contribution in [0.1, 0.15) is 43.1 Å². The Labute approximate surface area is 165 Å². The molecule has 144 valence electrons. The summed E-state index contributed by atoms with van der Waals surface area (Å²) in [5, 5.41) is 5.67. The van der Waals surface area contributed by atoms with Crippen molar-refractivity contribution in [3.8, 4) is 0 Å². The number of anilines is 2. The van der Waals surface area contributed by atoms with Gasteiger partial charge in [-0.2, -0.15) is 0 Å². The van der Waals surface area contributed by atoms with Gasteiger partial charge in [-0.3, -0.25) is 9.59 Å². The Balaban J connectivity index is 1.96. The van der Waals surface area contributed by atoms with Crippen molar-refractivity contribution in [2.75, 3.05) is 17.2 Å². The minimum Gasteiger partial charge on any atom is -0.462 e. The smallest absolute Gasteiger partial charge is 0.348 e. The first-order chi connectivity index (χ1) is 13.5. The number of nitrogens with one attached hydrogen (secondary N) is 2. The van der Waals surface area contributed by atoms with Crippen LogP contribution in [0, 0.1) is 6.92 Å². The molecule has 0 aliphatic heterocycles. The lowest BCUT2D eigenvalue weighted by Gasteiger charge is -2.08. The normalized spacial score (nSPS) is 10.4. The molecule has 2 N–H and O–H groups in total. The van der Waals surface area contributed by atoms with Crippen molar-refractivity contribution in [1.82, 2.24) is 0 Å². The van der Waals surface area contributed by atoms with E-state index in [1.807, 2.05) is 6.07 Å². The van der Waals surface area contributed by atoms with Crippen molar-refractivity contribution in [2.45, 2.75) is 13.8 Å². The molecule has 7 nitrogen and oxygen atoms in total. The number of hydrogen-bond donors (Lipinski definition) is 2. The van der Waals surface area contributed by atoms with E-state index in [9.17, 15) is 14.4 Å². The minimum atomic E-state index is -0.544. The van der Waals surface area contributed by atoms with E-state index in [1.165, 1.54) is 12.3 Å². The first kappa shape index (κ1) is 19.4. The second-order valence-electron chi connectivity index (χ2n) is 5.73. The van der Waals surface area contributed by atoms with Crippen LogP contribution in [0.25, 0.3) is 0 Å². The summed E-state index contributed by atoms with van der Waals surface area (Å²) in [7, 11) is 0. The molecule has 0 spiro atoms. The van der Waals surface area contributed by atoms with Gasteiger partial charge in [-0.15, -0.1) is 11.3 Å². The molecule has 2 heterocycles. The van der Waals surface area contributed by atoms with Crippen molar-refractivity contribution in [3.63, 3.8) is 0 Å². The molecule has 1 aromatic carbocycles. The van der Waals surface area contributed by atoms with Gasteiger partial charge in [0.1, 0.15) is 9.88 Å². The average molecular weight is 398 g/mol. The van der Waals surface area contributed by atoms with Crippen LogP contribution in [0.15, 0.2) is 53.1 Å². The topological polar surface area (TPSA) is 97.6 Å². The summed E-state index contributed by atoms with van der Waals surface area (Å²) in [5.41, 5.74) is 1.24. The molecule has 3 rings (SSSR count). The molecule has 0 fully saturated rings. The van der Waals surface area contributed by atoms with Crippen LogP contribution in [-0.4, -0.2) is 24.4 Å². The van der Waals surface area contributed by atoms with E-state index in [0.29, 0.717) is 11.3 Å². The highest BCUT2D eigenvalue weighted by atomic mass is 32.1. The molecule has 3 aromatic rings. The van der Waals surface area contributed by atoms with Gasteiger partial charge in [-0.25, -0.2) is 4.79 Å². The zero-order valence-corrected chi connectivity index (χ0v) is 16.1. The Bertz CT molecular complexity index is 993. The summed E-state index contributed by atoms with van der Waals surface area (Å²) in [4.78, 5) is 37.8. The lowest BCUT2D eigenvalue weighted by atomic mass is 10.1. The van der Waals surface area contributed by atoms with Crippen molar-refractivity contribution >= 4 is 39.8 Å². The zero-order chi connectivity index (χ0) is 20.1. The molecular weight excluding hydrogens is 380 g/mol. The molecule has 2 amide bonds. The fourth-order valence-corrected chi connectivity index (χ4v) is 3.65. The lowest BCUT2D eigenvalue weighted by Crippen LogP contribution is -2.17. The van der Waals surface area contributed by atoms with E-state index in [4.69, 9.17) is 9.15 Å². The Morgan fingerprint density at radius 3 is 2.43 bits per heavy atom. The molecule has 0 saturated carbocycles. The van der Waals surface area contributed by atoms with Gasteiger partial charge in [0.05, 0.1) is 18.4 Å². The Kier molecular flexibility index (Phi) is 5.90. The van der Waals surface area contributed by atoms with Crippen LogP contribution >= 0.6 is 11.3 Å². The molecule has 0 radical (unpaired) electrons. The zero-order valence-electron chi connectivity index (χ0n) is 15.3. The number of benzene rings is 1. The highest BCUT2D eigenvalue weighted by molar-refractivity contribution is 7.18. The monoisotopic (exact) mass is 398 g/mol. The Morgan fingerprint density at radius 2 is 1.79 bits per heavy atom. The van der Waals surface area contributed by atoms with Crippen LogP contribution in [0.2, 0.25) is 0 Å². The van der Waals surface area contributed by atoms with Crippen LogP contribution in [0.4, 0.5) is 10.7 Å². The molecule has 28 heavy (non-hydrogen) atoms. The highest BCUT2D eigenvalue weighted by Crippen LogP contribution is 2.34. The predicted molar refractivity (Wildman–Crippen MR) is 106 cm³/mol. The third-order valence-electron chi connectivity index (χ3n) is 3.84. The van der Waals surface area contributed by atoms with Crippen molar-refractivity contribution in [3.05, 3.63) is 70.5 Å². The highest BCUT2D eigenvalue weighted by Gasteiger charge is 2.27. The fourth-order valence-electron chi connectivity index (χ4n) is 2.55. The summed E-state index contributed by atoms with van der Waals surface area (Å²) in [6, 6.07) is 12.0. The standard InChI is InChI=1S/C20H18N2O5S/c1-3-26-20(25)16-12(2)15(18(24)21-13-8-5-4-6-9-13)19(28-16)22-17(23)14-10-7-11-27-14/h4-11H,3H2,1-2H3,(H,21,24)(H,22,23). The summed E-state index contributed by atoms with van der Waals surface area (Å²) in [6.07, 6.45) is 1.38. The Morgan fingerprint density at radius 1 is 1.04 bits per heavy atom. The SMILES string of the molecule is CCOC(=O)c1sc(NC(=O)c2ccco2)c(C(=O)Nc2ccccc2)c1C. The summed E-state index contributed by atoms with van der Waals surface area (Å²) in [6.45, 7) is 3.55. The van der Waals surface area contributed by atoms with E-state index in [1.54, 1.807) is 44.2 Å². The van der Waals surface area contributed by atoms with E-state index in [-0.39, 0.29) is 27.8 Å². The Hall–Kier alpha value is -3.39. The number of carbonyl (C=O) groups is 3. The quantitative estimate of drug-likeness (QED) is 0.602. The molecule has 8 heteroatoms. The van der Waals surface area contributed by atoms with E-state index in [0.717, 1.165) is 11.3 Å². The van der Waals surface area contributed by atoms with Crippen LogP contribution < -0.4 is 10.6 Å². The van der Waals surface area contributed by atoms with Gasteiger partial charge >= 0.3 is 5.97 Å². The van der Waals surface area contributed by atoms with Crippen LogP contribution in [0.3, 0.4) is 0 Å². The summed E-state index contributed by atoms with van der Waals surface area (Å²) < 4.78 is 10.1. The minimum absolute atomic E-state index is 0.0955. The van der Waals surface area contributed by atoms with Gasteiger partial charge in [0.2, 0.25) is 0 Å². The maximum absolute atomic E-state index is 12.9. The number of furan rings is 1. The van der Waals surface area contributed by atoms with Gasteiger partial charge in [-0.05, 0) is 43.7 Å². The number of ether oxygens (including phenoxy) is 1. The number of hydrogen-bond acceptors (Lipinski definition) is 6. The second-order valence-corrected chi connectivity index (χ2v) is 6.75. The number of rotatable bonds is 6. The third-order valence-corrected chi connectivity index (χ3v) is 5.03. The lowest BCUT2D eigenvalue weighted by molar-refractivity contribution is 0.0531.